The van der Waals surface area contributed by atoms with Crippen molar-refractivity contribution in [2.75, 3.05) is 26.2 Å². The van der Waals surface area contributed by atoms with E-state index in [1.165, 1.54) is 31.7 Å². The summed E-state index contributed by atoms with van der Waals surface area (Å²) in [6.07, 6.45) is 4.88. The molecule has 2 fully saturated rings. The molecule has 2 aliphatic rings. The maximum Gasteiger partial charge on any atom is 0.165 e. The quantitative estimate of drug-likeness (QED) is 0.900. The van der Waals surface area contributed by atoms with E-state index in [0.717, 1.165) is 31.7 Å². The molecular weight excluding hydrogens is 291 g/mol. The van der Waals surface area contributed by atoms with Crippen molar-refractivity contribution >= 4 is 12.4 Å². The predicted octanol–water partition coefficient (Wildman–Crippen LogP) is 3.09. The monoisotopic (exact) mass is 314 g/mol. The average molecular weight is 315 g/mol. The second kappa shape index (κ2) is 7.43. The molecule has 1 aromatic carbocycles. The minimum atomic E-state index is -0.499. The maximum absolute atomic E-state index is 13.7. The van der Waals surface area contributed by atoms with Crippen LogP contribution in [0.4, 0.5) is 4.39 Å². The Bertz CT molecular complexity index is 460. The highest BCUT2D eigenvalue weighted by Gasteiger charge is 2.33. The Morgan fingerprint density at radius 3 is 2.52 bits per heavy atom. The number of phenols is 1. The van der Waals surface area contributed by atoms with E-state index in [2.05, 4.69) is 10.2 Å². The Hall–Kier alpha value is -0.840. The van der Waals surface area contributed by atoms with Gasteiger partial charge in [0.25, 0.3) is 0 Å². The largest absolute Gasteiger partial charge is 0.505 e. The zero-order valence-electron chi connectivity index (χ0n) is 12.2. The molecule has 0 unspecified atom stereocenters. The highest BCUT2D eigenvalue weighted by molar-refractivity contribution is 5.85. The van der Waals surface area contributed by atoms with E-state index in [4.69, 9.17) is 0 Å². The third-order valence-corrected chi connectivity index (χ3v) is 4.73. The number of halogens is 2. The Kier molecular flexibility index (Phi) is 5.85. The lowest BCUT2D eigenvalue weighted by atomic mass is 9.89. The molecule has 1 saturated heterocycles. The van der Waals surface area contributed by atoms with Gasteiger partial charge in [0.15, 0.2) is 11.6 Å². The molecule has 1 atom stereocenters. The highest BCUT2D eigenvalue weighted by atomic mass is 35.5. The number of nitrogens with zero attached hydrogens (tertiary/aromatic N) is 1. The van der Waals surface area contributed by atoms with Gasteiger partial charge in [-0.05, 0) is 24.8 Å². The molecule has 1 saturated carbocycles. The van der Waals surface area contributed by atoms with Gasteiger partial charge < -0.3 is 10.4 Å². The zero-order chi connectivity index (χ0) is 13.9. The van der Waals surface area contributed by atoms with Gasteiger partial charge in [0.2, 0.25) is 0 Å². The summed E-state index contributed by atoms with van der Waals surface area (Å²) in [6, 6.07) is 5.11. The number of benzene rings is 1. The van der Waals surface area contributed by atoms with Crippen molar-refractivity contribution in [2.45, 2.75) is 31.7 Å². The van der Waals surface area contributed by atoms with Gasteiger partial charge in [-0.1, -0.05) is 25.0 Å². The second-order valence-electron chi connectivity index (χ2n) is 5.95. The number of phenolic OH excluding ortho intramolecular Hbond substituents is 1. The van der Waals surface area contributed by atoms with E-state index in [1.54, 1.807) is 6.07 Å². The first kappa shape index (κ1) is 16.5. The molecule has 5 heteroatoms. The van der Waals surface area contributed by atoms with Crippen molar-refractivity contribution in [1.29, 1.82) is 0 Å². The van der Waals surface area contributed by atoms with Crippen LogP contribution in [-0.4, -0.2) is 36.2 Å². The standard InChI is InChI=1S/C16H23FN2O.ClH/c17-14-7-3-6-13(16(14)20)15(12-4-1-2-5-12)19-10-8-18-9-11-19;/h3,6-7,12,15,18,20H,1-2,4-5,8-11H2;1H/t15-;/m1./s1. The molecule has 3 rings (SSSR count). The number of piperazine rings is 1. The summed E-state index contributed by atoms with van der Waals surface area (Å²) >= 11 is 0. The van der Waals surface area contributed by atoms with Crippen molar-refractivity contribution < 1.29 is 9.50 Å². The Morgan fingerprint density at radius 2 is 1.86 bits per heavy atom. The van der Waals surface area contributed by atoms with Gasteiger partial charge in [-0.2, -0.15) is 0 Å². The number of nitrogens with one attached hydrogen (secondary N) is 1. The third-order valence-electron chi connectivity index (χ3n) is 4.73. The van der Waals surface area contributed by atoms with Crippen LogP contribution in [0.5, 0.6) is 5.75 Å². The third kappa shape index (κ3) is 3.50. The average Bonchev–Trinajstić information content (AvgIpc) is 2.99. The van der Waals surface area contributed by atoms with Crippen LogP contribution in [0.25, 0.3) is 0 Å². The molecule has 1 aliphatic heterocycles. The summed E-state index contributed by atoms with van der Waals surface area (Å²) in [4.78, 5) is 2.42. The summed E-state index contributed by atoms with van der Waals surface area (Å²) in [5, 5.41) is 13.5. The first-order valence-corrected chi connectivity index (χ1v) is 7.69. The maximum atomic E-state index is 13.7. The van der Waals surface area contributed by atoms with Gasteiger partial charge in [0.05, 0.1) is 0 Å². The Labute approximate surface area is 131 Å². The number of aromatic hydroxyl groups is 1. The van der Waals surface area contributed by atoms with Crippen LogP contribution in [0.15, 0.2) is 18.2 Å². The van der Waals surface area contributed by atoms with Gasteiger partial charge in [-0.15, -0.1) is 12.4 Å². The molecule has 0 aromatic heterocycles. The van der Waals surface area contributed by atoms with E-state index in [0.29, 0.717) is 5.92 Å². The second-order valence-corrected chi connectivity index (χ2v) is 5.95. The lowest BCUT2D eigenvalue weighted by Gasteiger charge is -2.38. The van der Waals surface area contributed by atoms with Crippen molar-refractivity contribution in [3.63, 3.8) is 0 Å². The molecule has 118 valence electrons. The van der Waals surface area contributed by atoms with Crippen LogP contribution in [0.1, 0.15) is 37.3 Å². The van der Waals surface area contributed by atoms with Crippen LogP contribution in [-0.2, 0) is 0 Å². The molecule has 0 amide bonds. The molecule has 3 nitrogen and oxygen atoms in total. The first-order valence-electron chi connectivity index (χ1n) is 7.69. The van der Waals surface area contributed by atoms with Gasteiger partial charge in [-0.25, -0.2) is 4.39 Å². The molecule has 0 spiro atoms. The van der Waals surface area contributed by atoms with Crippen LogP contribution < -0.4 is 5.32 Å². The minimum absolute atomic E-state index is 0. The fraction of sp³-hybridized carbons (Fsp3) is 0.625. The Morgan fingerprint density at radius 1 is 1.19 bits per heavy atom. The van der Waals surface area contributed by atoms with E-state index < -0.39 is 5.82 Å². The van der Waals surface area contributed by atoms with E-state index >= 15 is 0 Å². The molecule has 1 aliphatic carbocycles. The molecule has 0 radical (unpaired) electrons. The van der Waals surface area contributed by atoms with Gasteiger partial charge in [0.1, 0.15) is 0 Å². The minimum Gasteiger partial charge on any atom is -0.505 e. The van der Waals surface area contributed by atoms with E-state index in [1.807, 2.05) is 6.07 Å². The summed E-state index contributed by atoms with van der Waals surface area (Å²) in [7, 11) is 0. The smallest absolute Gasteiger partial charge is 0.165 e. The molecular formula is C16H24ClFN2O. The van der Waals surface area contributed by atoms with Crippen LogP contribution in [0, 0.1) is 11.7 Å². The van der Waals surface area contributed by atoms with Crippen molar-refractivity contribution in [1.82, 2.24) is 10.2 Å². The topological polar surface area (TPSA) is 35.5 Å². The van der Waals surface area contributed by atoms with Crippen LogP contribution in [0.3, 0.4) is 0 Å². The fourth-order valence-electron chi connectivity index (χ4n) is 3.75. The van der Waals surface area contributed by atoms with Crippen molar-refractivity contribution in [3.8, 4) is 5.75 Å². The van der Waals surface area contributed by atoms with E-state index in [-0.39, 0.29) is 24.2 Å². The lowest BCUT2D eigenvalue weighted by molar-refractivity contribution is 0.123. The van der Waals surface area contributed by atoms with Crippen LogP contribution in [0.2, 0.25) is 0 Å². The molecule has 1 heterocycles. The number of para-hydroxylation sites is 1. The molecule has 0 bridgehead atoms. The normalized spacial score (nSPS) is 22.0. The Balaban J connectivity index is 0.00000161. The fourth-order valence-corrected chi connectivity index (χ4v) is 3.75. The number of hydrogen-bond acceptors (Lipinski definition) is 3. The predicted molar refractivity (Wildman–Crippen MR) is 84.5 cm³/mol. The lowest BCUT2D eigenvalue weighted by Crippen LogP contribution is -2.46. The van der Waals surface area contributed by atoms with Gasteiger partial charge >= 0.3 is 0 Å². The summed E-state index contributed by atoms with van der Waals surface area (Å²) in [5.41, 5.74) is 0.777. The highest BCUT2D eigenvalue weighted by Crippen LogP contribution is 2.42. The van der Waals surface area contributed by atoms with Gasteiger partial charge in [0, 0.05) is 37.8 Å². The van der Waals surface area contributed by atoms with Crippen molar-refractivity contribution in [2.24, 2.45) is 5.92 Å². The summed E-state index contributed by atoms with van der Waals surface area (Å²) in [5.74, 6) is -0.107. The van der Waals surface area contributed by atoms with Gasteiger partial charge in [-0.3, -0.25) is 4.90 Å². The number of hydrogen-bond donors (Lipinski definition) is 2. The molecule has 21 heavy (non-hydrogen) atoms. The SMILES string of the molecule is Cl.Oc1c(F)cccc1[C@@H](C1CCCC1)N1CCNCC1. The molecule has 1 aromatic rings. The summed E-state index contributed by atoms with van der Waals surface area (Å²) in [6.45, 7) is 3.88. The van der Waals surface area contributed by atoms with E-state index in [9.17, 15) is 9.50 Å². The zero-order valence-corrected chi connectivity index (χ0v) is 13.0. The molecule has 2 N–H and O–H groups in total. The first-order chi connectivity index (χ1) is 9.77. The summed E-state index contributed by atoms with van der Waals surface area (Å²) < 4.78 is 13.7. The van der Waals surface area contributed by atoms with Crippen molar-refractivity contribution in [3.05, 3.63) is 29.6 Å². The number of rotatable bonds is 3. The van der Waals surface area contributed by atoms with Crippen LogP contribution >= 0.6 is 12.4 Å².